The lowest BCUT2D eigenvalue weighted by Crippen LogP contribution is -2.35. The third kappa shape index (κ3) is 3.34. The van der Waals surface area contributed by atoms with Crippen molar-refractivity contribution in [3.8, 4) is 22.4 Å². The third-order valence-corrected chi connectivity index (χ3v) is 7.25. The molecular formula is C32H30N3+. The second-order valence-corrected chi connectivity index (χ2v) is 9.79. The summed E-state index contributed by atoms with van der Waals surface area (Å²) in [5.74, 6) is 0. The number of para-hydroxylation sites is 1. The highest BCUT2D eigenvalue weighted by Gasteiger charge is 2.23. The van der Waals surface area contributed by atoms with Crippen molar-refractivity contribution in [2.75, 3.05) is 0 Å². The standard InChI is InChI=1S/C32H30N3/c1-20(2)35-30-11-7-6-10-27(30)29-15-21(3)28(18-31(29)35)32-26-13-12-23(24-9-8-14-33-19-24)17-25(26)16-22(4)34(32)5/h6-20H,1-5H3/q+1/i16D. The Labute approximate surface area is 207 Å². The first-order valence-electron chi connectivity index (χ1n) is 12.7. The number of pyridine rings is 2. The molecule has 0 atom stereocenters. The van der Waals surface area contributed by atoms with E-state index in [-0.39, 0.29) is 0 Å². The van der Waals surface area contributed by atoms with Gasteiger partial charge in [-0.05, 0) is 73.7 Å². The molecular weight excluding hydrogens is 426 g/mol. The first-order chi connectivity index (χ1) is 17.4. The average Bonchev–Trinajstić information content (AvgIpc) is 3.21. The van der Waals surface area contributed by atoms with Crippen LogP contribution in [0.25, 0.3) is 55.0 Å². The maximum absolute atomic E-state index is 8.96. The van der Waals surface area contributed by atoms with Crippen molar-refractivity contribution in [2.24, 2.45) is 7.05 Å². The number of fused-ring (bicyclic) bond motifs is 4. The van der Waals surface area contributed by atoms with E-state index >= 15 is 0 Å². The van der Waals surface area contributed by atoms with Crippen molar-refractivity contribution in [3.63, 3.8) is 0 Å². The zero-order chi connectivity index (χ0) is 25.1. The molecule has 0 bridgehead atoms. The number of benzene rings is 3. The van der Waals surface area contributed by atoms with Gasteiger partial charge in [0, 0.05) is 53.3 Å². The van der Waals surface area contributed by atoms with Crippen LogP contribution in [-0.2, 0) is 7.05 Å². The van der Waals surface area contributed by atoms with Crippen molar-refractivity contribution in [3.05, 3.63) is 96.4 Å². The van der Waals surface area contributed by atoms with Crippen molar-refractivity contribution in [1.29, 1.82) is 0 Å². The quantitative estimate of drug-likeness (QED) is 0.250. The molecule has 0 saturated carbocycles. The summed E-state index contributed by atoms with van der Waals surface area (Å²) in [6.07, 6.45) is 3.67. The lowest BCUT2D eigenvalue weighted by atomic mass is 9.95. The molecule has 6 rings (SSSR count). The normalized spacial score (nSPS) is 12.2. The first kappa shape index (κ1) is 20.4. The third-order valence-electron chi connectivity index (χ3n) is 7.25. The van der Waals surface area contributed by atoms with Gasteiger partial charge in [-0.1, -0.05) is 30.3 Å². The second kappa shape index (κ2) is 8.06. The van der Waals surface area contributed by atoms with E-state index in [1.54, 1.807) is 6.20 Å². The summed E-state index contributed by atoms with van der Waals surface area (Å²) in [6, 6.07) is 24.8. The molecule has 0 unspecified atom stereocenters. The lowest BCUT2D eigenvalue weighted by Gasteiger charge is -2.14. The van der Waals surface area contributed by atoms with E-state index in [2.05, 4.69) is 103 Å². The summed E-state index contributed by atoms with van der Waals surface area (Å²) in [5, 5.41) is 4.64. The molecule has 3 heteroatoms. The van der Waals surface area contributed by atoms with Crippen molar-refractivity contribution in [2.45, 2.75) is 33.7 Å². The zero-order valence-electron chi connectivity index (χ0n) is 21.9. The van der Waals surface area contributed by atoms with Crippen LogP contribution in [0.5, 0.6) is 0 Å². The van der Waals surface area contributed by atoms with Gasteiger partial charge in [-0.15, -0.1) is 0 Å². The van der Waals surface area contributed by atoms with Gasteiger partial charge in [-0.25, -0.2) is 0 Å². The van der Waals surface area contributed by atoms with Crippen molar-refractivity contribution >= 4 is 32.6 Å². The molecule has 3 aromatic carbocycles. The van der Waals surface area contributed by atoms with Crippen LogP contribution >= 0.6 is 0 Å². The number of hydrogen-bond acceptors (Lipinski definition) is 1. The predicted octanol–water partition coefficient (Wildman–Crippen LogP) is 7.70. The average molecular weight is 458 g/mol. The second-order valence-electron chi connectivity index (χ2n) is 9.79. The van der Waals surface area contributed by atoms with Crippen molar-refractivity contribution < 1.29 is 5.94 Å². The summed E-state index contributed by atoms with van der Waals surface area (Å²) in [4.78, 5) is 4.29. The maximum Gasteiger partial charge on any atom is 0.220 e. The molecule has 0 amide bonds. The Balaban J connectivity index is 1.69. The SMILES string of the molecule is [2H]c1c(C)[n+](C)c(-c2cc3c(cc2C)c2ccccc2n3C(C)C)c2ccc(-c3cccnc3)cc12. The van der Waals surface area contributed by atoms with Gasteiger partial charge in [0.25, 0.3) is 0 Å². The highest BCUT2D eigenvalue weighted by atomic mass is 15.0. The van der Waals surface area contributed by atoms with E-state index < -0.39 is 0 Å². The van der Waals surface area contributed by atoms with E-state index in [1.165, 1.54) is 32.9 Å². The maximum atomic E-state index is 8.96. The first-order valence-corrected chi connectivity index (χ1v) is 12.2. The summed E-state index contributed by atoms with van der Waals surface area (Å²) in [7, 11) is 2.08. The fourth-order valence-corrected chi connectivity index (χ4v) is 5.48. The Kier molecular flexibility index (Phi) is 4.70. The Morgan fingerprint density at radius 1 is 0.857 bits per heavy atom. The largest absolute Gasteiger partial charge is 0.338 e. The van der Waals surface area contributed by atoms with Crippen LogP contribution in [0.15, 0.2) is 85.2 Å². The number of hydrogen-bond donors (Lipinski definition) is 0. The van der Waals surface area contributed by atoms with Crippen molar-refractivity contribution in [1.82, 2.24) is 9.55 Å². The van der Waals surface area contributed by atoms with Crippen LogP contribution in [-0.4, -0.2) is 9.55 Å². The van der Waals surface area contributed by atoms with Crippen LogP contribution in [0, 0.1) is 13.8 Å². The van der Waals surface area contributed by atoms with Crippen LogP contribution < -0.4 is 4.57 Å². The van der Waals surface area contributed by atoms with Crippen LogP contribution in [0.2, 0.25) is 0 Å². The van der Waals surface area contributed by atoms with E-state index in [1.807, 2.05) is 19.2 Å². The van der Waals surface area contributed by atoms with Crippen LogP contribution in [0.4, 0.5) is 0 Å². The van der Waals surface area contributed by atoms with Gasteiger partial charge in [-0.2, -0.15) is 4.57 Å². The van der Waals surface area contributed by atoms with Crippen LogP contribution in [0.3, 0.4) is 0 Å². The molecule has 35 heavy (non-hydrogen) atoms. The summed E-state index contributed by atoms with van der Waals surface area (Å²) in [6.45, 7) is 8.75. The zero-order valence-corrected chi connectivity index (χ0v) is 20.9. The minimum Gasteiger partial charge on any atom is -0.338 e. The highest BCUT2D eigenvalue weighted by molar-refractivity contribution is 6.10. The van der Waals surface area contributed by atoms with E-state index in [0.29, 0.717) is 12.1 Å². The number of nitrogens with zero attached hydrogens (tertiary/aromatic N) is 3. The molecule has 0 fully saturated rings. The highest BCUT2D eigenvalue weighted by Crippen LogP contribution is 2.38. The Morgan fingerprint density at radius 3 is 2.46 bits per heavy atom. The fourth-order valence-electron chi connectivity index (χ4n) is 5.48. The van der Waals surface area contributed by atoms with E-state index in [0.717, 1.165) is 33.3 Å². The minimum absolute atomic E-state index is 0.341. The summed E-state index contributed by atoms with van der Waals surface area (Å²) >= 11 is 0. The molecule has 0 aliphatic carbocycles. The monoisotopic (exact) mass is 457 g/mol. The number of aryl methyl sites for hydroxylation is 1. The lowest BCUT2D eigenvalue weighted by molar-refractivity contribution is -0.665. The van der Waals surface area contributed by atoms with Crippen LogP contribution in [0.1, 0.15) is 32.5 Å². The molecule has 172 valence electrons. The fraction of sp³-hybridized carbons (Fsp3) is 0.188. The van der Waals surface area contributed by atoms with Gasteiger partial charge in [0.05, 0.1) is 17.8 Å². The number of aromatic nitrogens is 3. The van der Waals surface area contributed by atoms with Gasteiger partial charge in [0.2, 0.25) is 5.69 Å². The smallest absolute Gasteiger partial charge is 0.220 e. The topological polar surface area (TPSA) is 21.7 Å². The Hall–Kier alpha value is -3.98. The van der Waals surface area contributed by atoms with Gasteiger partial charge >= 0.3 is 0 Å². The Morgan fingerprint density at radius 2 is 1.69 bits per heavy atom. The molecule has 0 N–H and O–H groups in total. The molecule has 3 nitrogen and oxygen atoms in total. The molecule has 3 heterocycles. The molecule has 0 spiro atoms. The van der Waals surface area contributed by atoms with E-state index in [9.17, 15) is 0 Å². The summed E-state index contributed by atoms with van der Waals surface area (Å²) < 4.78 is 13.6. The summed E-state index contributed by atoms with van der Waals surface area (Å²) in [5.41, 5.74) is 9.20. The van der Waals surface area contributed by atoms with Gasteiger partial charge in [-0.3, -0.25) is 4.98 Å². The molecule has 0 radical (unpaired) electrons. The molecule has 3 aromatic heterocycles. The Bertz CT molecular complexity index is 1800. The molecule has 0 aliphatic rings. The van der Waals surface area contributed by atoms with Gasteiger partial charge < -0.3 is 4.57 Å². The minimum atomic E-state index is 0.341. The molecule has 0 saturated heterocycles. The number of rotatable bonds is 3. The predicted molar refractivity (Wildman–Crippen MR) is 147 cm³/mol. The van der Waals surface area contributed by atoms with Gasteiger partial charge in [0.1, 0.15) is 7.05 Å². The van der Waals surface area contributed by atoms with Gasteiger partial charge in [0.15, 0.2) is 5.69 Å². The molecule has 0 aliphatic heterocycles. The van der Waals surface area contributed by atoms with E-state index in [4.69, 9.17) is 1.37 Å². The molecule has 6 aromatic rings.